The first-order valence-electron chi connectivity index (χ1n) is 6.09. The molecule has 94 valence electrons. The van der Waals surface area contributed by atoms with Crippen molar-refractivity contribution in [2.45, 2.75) is 37.8 Å². The Hall–Kier alpha value is -0.550. The van der Waals surface area contributed by atoms with Gasteiger partial charge in [-0.1, -0.05) is 18.7 Å². The van der Waals surface area contributed by atoms with Crippen LogP contribution in [0, 0.1) is 0 Å². The summed E-state index contributed by atoms with van der Waals surface area (Å²) in [6.07, 6.45) is 4.82. The average molecular weight is 273 g/mol. The van der Waals surface area contributed by atoms with Crippen LogP contribution in [0.5, 0.6) is 0 Å². The molecule has 0 saturated carbocycles. The van der Waals surface area contributed by atoms with E-state index in [1.807, 2.05) is 0 Å². The van der Waals surface area contributed by atoms with Gasteiger partial charge < -0.3 is 4.90 Å². The minimum Gasteiger partial charge on any atom is -0.341 e. The highest BCUT2D eigenvalue weighted by atomic mass is 35.5. The quantitative estimate of drug-likeness (QED) is 0.788. The lowest BCUT2D eigenvalue weighted by molar-refractivity contribution is 0.564. The van der Waals surface area contributed by atoms with E-state index in [9.17, 15) is 0 Å². The maximum atomic E-state index is 5.95. The first-order chi connectivity index (χ1) is 8.29. The van der Waals surface area contributed by atoms with Crippen LogP contribution >= 0.6 is 23.4 Å². The Morgan fingerprint density at radius 2 is 1.94 bits per heavy atom. The van der Waals surface area contributed by atoms with E-state index in [0.717, 1.165) is 36.4 Å². The Morgan fingerprint density at radius 1 is 1.18 bits per heavy atom. The standard InChI is InChI=1S/C11H17ClN4S/c1-2-8-17-11-14-9(12)13-10(15-11)16-6-4-3-5-7-16/h2-8H2,1H3. The van der Waals surface area contributed by atoms with E-state index < -0.39 is 0 Å². The van der Waals surface area contributed by atoms with Crippen LogP contribution in [0.2, 0.25) is 5.28 Å². The number of halogens is 1. The Balaban J connectivity index is 2.12. The third-order valence-electron chi connectivity index (χ3n) is 2.65. The lowest BCUT2D eigenvalue weighted by Gasteiger charge is -2.26. The topological polar surface area (TPSA) is 41.9 Å². The first kappa shape index (κ1) is 12.9. The Labute approximate surface area is 111 Å². The lowest BCUT2D eigenvalue weighted by Crippen LogP contribution is -2.31. The number of rotatable bonds is 4. The highest BCUT2D eigenvalue weighted by Gasteiger charge is 2.15. The summed E-state index contributed by atoms with van der Waals surface area (Å²) in [6.45, 7) is 4.19. The summed E-state index contributed by atoms with van der Waals surface area (Å²) < 4.78 is 0. The van der Waals surface area contributed by atoms with Gasteiger partial charge in [0.05, 0.1) is 0 Å². The number of thioether (sulfide) groups is 1. The van der Waals surface area contributed by atoms with Crippen molar-refractivity contribution in [3.63, 3.8) is 0 Å². The molecule has 0 atom stereocenters. The normalized spacial score (nSPS) is 16.2. The van der Waals surface area contributed by atoms with Gasteiger partial charge in [0.1, 0.15) is 0 Å². The van der Waals surface area contributed by atoms with E-state index >= 15 is 0 Å². The number of anilines is 1. The van der Waals surface area contributed by atoms with Gasteiger partial charge >= 0.3 is 0 Å². The van der Waals surface area contributed by atoms with Crippen molar-refractivity contribution in [1.29, 1.82) is 0 Å². The van der Waals surface area contributed by atoms with Crippen molar-refractivity contribution in [1.82, 2.24) is 15.0 Å². The fraction of sp³-hybridized carbons (Fsp3) is 0.727. The van der Waals surface area contributed by atoms with Crippen LogP contribution in [0.25, 0.3) is 0 Å². The number of hydrogen-bond acceptors (Lipinski definition) is 5. The number of aromatic nitrogens is 3. The second kappa shape index (κ2) is 6.40. The molecule has 6 heteroatoms. The van der Waals surface area contributed by atoms with E-state index in [1.54, 1.807) is 11.8 Å². The predicted molar refractivity (Wildman–Crippen MR) is 71.9 cm³/mol. The van der Waals surface area contributed by atoms with Crippen LogP contribution in [-0.2, 0) is 0 Å². The van der Waals surface area contributed by atoms with Crippen LogP contribution in [0.15, 0.2) is 5.16 Å². The lowest BCUT2D eigenvalue weighted by atomic mass is 10.1. The number of hydrogen-bond donors (Lipinski definition) is 0. The van der Waals surface area contributed by atoms with Crippen molar-refractivity contribution in [2.75, 3.05) is 23.7 Å². The van der Waals surface area contributed by atoms with Crippen molar-refractivity contribution in [3.8, 4) is 0 Å². The summed E-state index contributed by atoms with van der Waals surface area (Å²) in [4.78, 5) is 15.0. The van der Waals surface area contributed by atoms with E-state index in [-0.39, 0.29) is 0 Å². The van der Waals surface area contributed by atoms with Crippen LogP contribution in [0.3, 0.4) is 0 Å². The summed E-state index contributed by atoms with van der Waals surface area (Å²) in [6, 6.07) is 0. The zero-order valence-corrected chi connectivity index (χ0v) is 11.6. The SMILES string of the molecule is CCCSc1nc(Cl)nc(N2CCCCC2)n1. The average Bonchev–Trinajstić information content (AvgIpc) is 2.37. The zero-order chi connectivity index (χ0) is 12.1. The first-order valence-corrected chi connectivity index (χ1v) is 7.45. The van der Waals surface area contributed by atoms with Crippen LogP contribution in [-0.4, -0.2) is 33.8 Å². The maximum absolute atomic E-state index is 5.95. The second-order valence-corrected chi connectivity index (χ2v) is 5.48. The van der Waals surface area contributed by atoms with Gasteiger partial charge in [0.2, 0.25) is 11.2 Å². The third-order valence-corrected chi connectivity index (χ3v) is 3.87. The molecule has 1 fully saturated rings. The summed E-state index contributed by atoms with van der Waals surface area (Å²) in [5, 5.41) is 1.05. The molecule has 1 aliphatic heterocycles. The molecule has 1 aromatic rings. The van der Waals surface area contributed by atoms with Crippen molar-refractivity contribution < 1.29 is 0 Å². The van der Waals surface area contributed by atoms with Crippen LogP contribution in [0.4, 0.5) is 5.95 Å². The minimum absolute atomic E-state index is 0.305. The fourth-order valence-electron chi connectivity index (χ4n) is 1.82. The molecular weight excluding hydrogens is 256 g/mol. The van der Waals surface area contributed by atoms with Gasteiger partial charge in [-0.3, -0.25) is 0 Å². The zero-order valence-electron chi connectivity index (χ0n) is 10.0. The summed E-state index contributed by atoms with van der Waals surface area (Å²) in [7, 11) is 0. The molecule has 1 saturated heterocycles. The minimum atomic E-state index is 0.305. The largest absolute Gasteiger partial charge is 0.341 e. The van der Waals surface area contributed by atoms with E-state index in [0.29, 0.717) is 5.28 Å². The molecule has 17 heavy (non-hydrogen) atoms. The Morgan fingerprint density at radius 3 is 2.65 bits per heavy atom. The molecule has 4 nitrogen and oxygen atoms in total. The van der Waals surface area contributed by atoms with Crippen molar-refractivity contribution in [3.05, 3.63) is 5.28 Å². The van der Waals surface area contributed by atoms with E-state index in [1.165, 1.54) is 19.3 Å². The van der Waals surface area contributed by atoms with Gasteiger partial charge in [-0.2, -0.15) is 15.0 Å². The molecule has 0 unspecified atom stereocenters. The molecule has 1 aliphatic rings. The summed E-state index contributed by atoms with van der Waals surface area (Å²) >= 11 is 7.59. The molecule has 0 N–H and O–H groups in total. The Kier molecular flexibility index (Phi) is 4.86. The number of piperidine rings is 1. The fourth-order valence-corrected chi connectivity index (χ4v) is 2.70. The molecule has 0 amide bonds. The van der Waals surface area contributed by atoms with Gasteiger partial charge in [-0.25, -0.2) is 0 Å². The maximum Gasteiger partial charge on any atom is 0.230 e. The molecule has 0 bridgehead atoms. The molecule has 0 aromatic carbocycles. The molecule has 1 aromatic heterocycles. The van der Waals surface area contributed by atoms with Crippen molar-refractivity contribution >= 4 is 29.3 Å². The second-order valence-electron chi connectivity index (χ2n) is 4.08. The van der Waals surface area contributed by atoms with Crippen LogP contribution in [0.1, 0.15) is 32.6 Å². The van der Waals surface area contributed by atoms with E-state index in [2.05, 4.69) is 26.8 Å². The summed E-state index contributed by atoms with van der Waals surface area (Å²) in [5.41, 5.74) is 0. The van der Waals surface area contributed by atoms with Gasteiger partial charge in [0, 0.05) is 18.8 Å². The molecule has 2 heterocycles. The highest BCUT2D eigenvalue weighted by molar-refractivity contribution is 7.99. The molecule has 0 aliphatic carbocycles. The predicted octanol–water partition coefficient (Wildman–Crippen LogP) is 3.02. The van der Waals surface area contributed by atoms with Crippen molar-refractivity contribution in [2.24, 2.45) is 0 Å². The monoisotopic (exact) mass is 272 g/mol. The molecule has 0 radical (unpaired) electrons. The smallest absolute Gasteiger partial charge is 0.230 e. The molecule has 0 spiro atoms. The summed E-state index contributed by atoms with van der Waals surface area (Å²) in [5.74, 6) is 1.75. The van der Waals surface area contributed by atoms with Gasteiger partial charge in [0.25, 0.3) is 0 Å². The molecule has 2 rings (SSSR count). The third kappa shape index (κ3) is 3.71. The molecular formula is C11H17ClN4S. The van der Waals surface area contributed by atoms with Gasteiger partial charge in [-0.15, -0.1) is 0 Å². The van der Waals surface area contributed by atoms with Gasteiger partial charge in [0.15, 0.2) is 5.16 Å². The Bertz CT molecular complexity index is 368. The highest BCUT2D eigenvalue weighted by Crippen LogP contribution is 2.21. The van der Waals surface area contributed by atoms with E-state index in [4.69, 9.17) is 11.6 Å². The van der Waals surface area contributed by atoms with Gasteiger partial charge in [-0.05, 0) is 37.3 Å². The number of nitrogens with zero attached hydrogens (tertiary/aromatic N) is 4. The van der Waals surface area contributed by atoms with Crippen LogP contribution < -0.4 is 4.90 Å².